The molecule has 0 atom stereocenters. The van der Waals surface area contributed by atoms with Gasteiger partial charge in [-0.05, 0) is 31.0 Å². The van der Waals surface area contributed by atoms with Gasteiger partial charge >= 0.3 is 0 Å². The van der Waals surface area contributed by atoms with Crippen molar-refractivity contribution in [3.63, 3.8) is 0 Å². The second kappa shape index (κ2) is 6.76. The van der Waals surface area contributed by atoms with Crippen LogP contribution in [0.3, 0.4) is 0 Å². The van der Waals surface area contributed by atoms with Crippen LogP contribution >= 0.6 is 11.6 Å². The van der Waals surface area contributed by atoms with Crippen LogP contribution in [0.1, 0.15) is 32.3 Å². The zero-order chi connectivity index (χ0) is 15.4. The van der Waals surface area contributed by atoms with E-state index in [1.807, 2.05) is 13.8 Å². The summed E-state index contributed by atoms with van der Waals surface area (Å²) >= 11 is 6.07. The molecule has 0 aliphatic carbocycles. The topological polar surface area (TPSA) is 46.6 Å². The van der Waals surface area contributed by atoms with Crippen molar-refractivity contribution in [1.29, 1.82) is 0 Å². The van der Waals surface area contributed by atoms with Gasteiger partial charge in [0.2, 0.25) is 0 Å². The smallest absolute Gasteiger partial charge is 0.273 e. The van der Waals surface area contributed by atoms with Crippen LogP contribution in [-0.4, -0.2) is 29.9 Å². The number of ether oxygens (including phenoxy) is 1. The van der Waals surface area contributed by atoms with E-state index >= 15 is 0 Å². The molecule has 0 fully saturated rings. The second-order valence-corrected chi connectivity index (χ2v) is 5.14. The van der Waals surface area contributed by atoms with Crippen LogP contribution in [0.4, 0.5) is 0 Å². The summed E-state index contributed by atoms with van der Waals surface area (Å²) in [6, 6.07) is 7.03. The van der Waals surface area contributed by atoms with E-state index in [-0.39, 0.29) is 16.5 Å². The van der Waals surface area contributed by atoms with Crippen LogP contribution in [0.5, 0.6) is 5.75 Å². The first kappa shape index (κ1) is 15.6. The van der Waals surface area contributed by atoms with Crippen LogP contribution in [0.2, 0.25) is 0 Å². The Labute approximate surface area is 129 Å². The highest BCUT2D eigenvalue weighted by Crippen LogP contribution is 2.32. The van der Waals surface area contributed by atoms with Crippen LogP contribution in [0.15, 0.2) is 29.3 Å². The normalized spacial score (nSPS) is 15.1. The fourth-order valence-electron chi connectivity index (χ4n) is 2.20. The predicted molar refractivity (Wildman–Crippen MR) is 82.0 cm³/mol. The van der Waals surface area contributed by atoms with Gasteiger partial charge in [-0.2, -0.15) is 0 Å². The summed E-state index contributed by atoms with van der Waals surface area (Å²) in [5.41, 5.74) is 0.918. The molecule has 4 nitrogen and oxygen atoms in total. The molecule has 1 aliphatic rings. The molecule has 0 bridgehead atoms. The summed E-state index contributed by atoms with van der Waals surface area (Å²) in [5, 5.41) is 0.000243. The van der Waals surface area contributed by atoms with E-state index in [2.05, 4.69) is 0 Å². The molecule has 0 radical (unpaired) electrons. The molecule has 1 aromatic rings. The molecule has 1 aromatic carbocycles. The van der Waals surface area contributed by atoms with E-state index in [1.165, 1.54) is 4.90 Å². The first-order chi connectivity index (χ1) is 10.1. The van der Waals surface area contributed by atoms with Gasteiger partial charge < -0.3 is 4.74 Å². The third kappa shape index (κ3) is 3.10. The number of amides is 2. The lowest BCUT2D eigenvalue weighted by atomic mass is 10.1. The molecule has 2 amide bonds. The standard InChI is InChI=1S/C16H18ClNO3/c1-3-5-10-18-15(19)13(14(17)16(18)20)11-6-8-12(9-7-11)21-4-2/h6-9H,3-5,10H2,1-2H3. The van der Waals surface area contributed by atoms with E-state index in [0.717, 1.165) is 18.6 Å². The SMILES string of the molecule is CCCCN1C(=O)C(Cl)=C(c2ccc(OCC)cc2)C1=O. The van der Waals surface area contributed by atoms with Gasteiger partial charge in [-0.1, -0.05) is 37.1 Å². The maximum absolute atomic E-state index is 12.4. The van der Waals surface area contributed by atoms with Gasteiger partial charge in [0.15, 0.2) is 0 Å². The summed E-state index contributed by atoms with van der Waals surface area (Å²) in [6.45, 7) is 4.89. The van der Waals surface area contributed by atoms with Crippen molar-refractivity contribution < 1.29 is 14.3 Å². The van der Waals surface area contributed by atoms with Crippen LogP contribution in [0.25, 0.3) is 5.57 Å². The molecule has 0 spiro atoms. The lowest BCUT2D eigenvalue weighted by Gasteiger charge is -2.13. The van der Waals surface area contributed by atoms with Gasteiger partial charge in [0, 0.05) is 6.54 Å². The Hall–Kier alpha value is -1.81. The fourth-order valence-corrected chi connectivity index (χ4v) is 2.49. The first-order valence-corrected chi connectivity index (χ1v) is 7.47. The Morgan fingerprint density at radius 3 is 2.33 bits per heavy atom. The minimum atomic E-state index is -0.404. The molecule has 21 heavy (non-hydrogen) atoms. The summed E-state index contributed by atoms with van der Waals surface area (Å²) in [4.78, 5) is 25.7. The van der Waals surface area contributed by atoms with E-state index < -0.39 is 5.91 Å². The van der Waals surface area contributed by atoms with Crippen molar-refractivity contribution in [2.75, 3.05) is 13.2 Å². The van der Waals surface area contributed by atoms with Crippen molar-refractivity contribution in [1.82, 2.24) is 4.90 Å². The highest BCUT2D eigenvalue weighted by atomic mass is 35.5. The molecule has 1 aliphatic heterocycles. The van der Waals surface area contributed by atoms with Crippen molar-refractivity contribution in [3.05, 3.63) is 34.9 Å². The second-order valence-electron chi connectivity index (χ2n) is 4.76. The number of carbonyl (C=O) groups is 2. The highest BCUT2D eigenvalue weighted by Gasteiger charge is 2.37. The summed E-state index contributed by atoms with van der Waals surface area (Å²) in [5.74, 6) is -0.000745. The quantitative estimate of drug-likeness (QED) is 0.758. The minimum absolute atomic E-state index is 0.000243. The van der Waals surface area contributed by atoms with E-state index in [0.29, 0.717) is 18.7 Å². The maximum atomic E-state index is 12.4. The monoisotopic (exact) mass is 307 g/mol. The lowest BCUT2D eigenvalue weighted by molar-refractivity contribution is -0.136. The molecule has 0 aromatic heterocycles. The molecule has 0 unspecified atom stereocenters. The number of carbonyl (C=O) groups excluding carboxylic acids is 2. The number of rotatable bonds is 6. The van der Waals surface area contributed by atoms with Gasteiger partial charge in [-0.25, -0.2) is 0 Å². The van der Waals surface area contributed by atoms with Crippen molar-refractivity contribution in [2.24, 2.45) is 0 Å². The number of benzene rings is 1. The van der Waals surface area contributed by atoms with E-state index in [1.54, 1.807) is 24.3 Å². The van der Waals surface area contributed by atoms with Gasteiger partial charge in [0.05, 0.1) is 12.2 Å². The molecular weight excluding hydrogens is 290 g/mol. The Morgan fingerprint density at radius 1 is 1.10 bits per heavy atom. The van der Waals surface area contributed by atoms with Crippen LogP contribution in [0, 0.1) is 0 Å². The zero-order valence-electron chi connectivity index (χ0n) is 12.2. The Balaban J connectivity index is 2.26. The lowest BCUT2D eigenvalue weighted by Crippen LogP contribution is -2.32. The van der Waals surface area contributed by atoms with Gasteiger partial charge in [0.25, 0.3) is 11.8 Å². The van der Waals surface area contributed by atoms with Gasteiger partial charge in [0.1, 0.15) is 10.8 Å². The van der Waals surface area contributed by atoms with E-state index in [9.17, 15) is 9.59 Å². The number of hydrogen-bond acceptors (Lipinski definition) is 3. The third-order valence-corrected chi connectivity index (χ3v) is 3.65. The van der Waals surface area contributed by atoms with Gasteiger partial charge in [-0.15, -0.1) is 0 Å². The van der Waals surface area contributed by atoms with Crippen molar-refractivity contribution >= 4 is 29.0 Å². The average molecular weight is 308 g/mol. The Morgan fingerprint density at radius 2 is 1.76 bits per heavy atom. The highest BCUT2D eigenvalue weighted by molar-refractivity contribution is 6.55. The number of imide groups is 1. The number of unbranched alkanes of at least 4 members (excludes halogenated alkanes) is 1. The Kier molecular flexibility index (Phi) is 5.02. The molecule has 1 heterocycles. The minimum Gasteiger partial charge on any atom is -0.494 e. The first-order valence-electron chi connectivity index (χ1n) is 7.09. The number of nitrogens with zero attached hydrogens (tertiary/aromatic N) is 1. The molecule has 2 rings (SSSR count). The molecule has 5 heteroatoms. The predicted octanol–water partition coefficient (Wildman–Crippen LogP) is 3.20. The van der Waals surface area contributed by atoms with Crippen molar-refractivity contribution in [3.8, 4) is 5.75 Å². The molecule has 0 saturated heterocycles. The number of halogens is 1. The zero-order valence-corrected chi connectivity index (χ0v) is 12.9. The summed E-state index contributed by atoms with van der Waals surface area (Å²) in [7, 11) is 0. The molecular formula is C16H18ClNO3. The third-order valence-electron chi connectivity index (χ3n) is 3.30. The molecule has 0 N–H and O–H groups in total. The maximum Gasteiger partial charge on any atom is 0.273 e. The average Bonchev–Trinajstić information content (AvgIpc) is 2.69. The number of hydrogen-bond donors (Lipinski definition) is 0. The fraction of sp³-hybridized carbons (Fsp3) is 0.375. The largest absolute Gasteiger partial charge is 0.494 e. The van der Waals surface area contributed by atoms with Crippen molar-refractivity contribution in [2.45, 2.75) is 26.7 Å². The van der Waals surface area contributed by atoms with Crippen LogP contribution < -0.4 is 4.74 Å². The summed E-state index contributed by atoms with van der Waals surface area (Å²) in [6.07, 6.45) is 1.69. The molecule has 112 valence electrons. The Bertz CT molecular complexity index is 578. The molecule has 0 saturated carbocycles. The van der Waals surface area contributed by atoms with Gasteiger partial charge in [-0.3, -0.25) is 14.5 Å². The summed E-state index contributed by atoms with van der Waals surface area (Å²) < 4.78 is 5.36. The van der Waals surface area contributed by atoms with E-state index in [4.69, 9.17) is 16.3 Å². The van der Waals surface area contributed by atoms with Crippen LogP contribution in [-0.2, 0) is 9.59 Å².